The van der Waals surface area contributed by atoms with Gasteiger partial charge in [0.25, 0.3) is 0 Å². The highest BCUT2D eigenvalue weighted by molar-refractivity contribution is 7.90. The Hall–Kier alpha value is -3.38. The summed E-state index contributed by atoms with van der Waals surface area (Å²) in [5.74, 6) is -0.476. The topological polar surface area (TPSA) is 73.6 Å². The number of fused-ring (bicyclic) bond motifs is 1. The number of sulfone groups is 1. The molecule has 0 fully saturated rings. The first-order valence-electron chi connectivity index (χ1n) is 8.59. The van der Waals surface area contributed by atoms with Crippen LogP contribution in [0, 0.1) is 0 Å². The lowest BCUT2D eigenvalue weighted by Crippen LogP contribution is -2.08. The van der Waals surface area contributed by atoms with Crippen LogP contribution in [0.15, 0.2) is 94.2 Å². The van der Waals surface area contributed by atoms with Crippen LogP contribution >= 0.6 is 0 Å². The van der Waals surface area contributed by atoms with Crippen molar-refractivity contribution in [3.8, 4) is 5.75 Å². The van der Waals surface area contributed by atoms with Crippen molar-refractivity contribution in [3.63, 3.8) is 0 Å². The fraction of sp³-hybridized carbons (Fsp3) is 0.0455. The minimum Gasteiger partial charge on any atom is -0.453 e. The molecule has 6 heteroatoms. The van der Waals surface area contributed by atoms with Crippen LogP contribution in [0.25, 0.3) is 10.8 Å². The van der Waals surface area contributed by atoms with Gasteiger partial charge in [0.2, 0.25) is 5.76 Å². The molecule has 5 nitrogen and oxygen atoms in total. The zero-order valence-corrected chi connectivity index (χ0v) is 15.6. The summed E-state index contributed by atoms with van der Waals surface area (Å²) in [4.78, 5) is 12.6. The van der Waals surface area contributed by atoms with E-state index in [0.29, 0.717) is 5.75 Å². The first-order valence-corrected chi connectivity index (χ1v) is 10.2. The Kier molecular flexibility index (Phi) is 4.71. The van der Waals surface area contributed by atoms with Gasteiger partial charge in [0.15, 0.2) is 9.84 Å². The molecule has 0 aliphatic heterocycles. The van der Waals surface area contributed by atoms with Crippen molar-refractivity contribution in [2.24, 2.45) is 0 Å². The average Bonchev–Trinajstić information content (AvgIpc) is 3.17. The van der Waals surface area contributed by atoms with Crippen molar-refractivity contribution in [1.82, 2.24) is 0 Å². The molecule has 0 amide bonds. The van der Waals surface area contributed by atoms with Crippen LogP contribution in [-0.2, 0) is 15.6 Å². The van der Waals surface area contributed by atoms with Gasteiger partial charge in [0.05, 0.1) is 4.90 Å². The highest BCUT2D eigenvalue weighted by Gasteiger charge is 2.20. The van der Waals surface area contributed by atoms with E-state index in [1.54, 1.807) is 30.3 Å². The van der Waals surface area contributed by atoms with E-state index >= 15 is 0 Å². The Morgan fingerprint density at radius 3 is 2.36 bits per heavy atom. The molecule has 4 rings (SSSR count). The minimum atomic E-state index is -3.56. The van der Waals surface area contributed by atoms with E-state index in [0.717, 1.165) is 10.8 Å². The summed E-state index contributed by atoms with van der Waals surface area (Å²) >= 11 is 0. The molecule has 0 radical (unpaired) electrons. The molecule has 0 atom stereocenters. The molecule has 0 saturated heterocycles. The van der Waals surface area contributed by atoms with Gasteiger partial charge in [-0.25, -0.2) is 13.2 Å². The van der Waals surface area contributed by atoms with E-state index in [1.807, 2.05) is 30.3 Å². The zero-order valence-electron chi connectivity index (χ0n) is 14.7. The van der Waals surface area contributed by atoms with Crippen LogP contribution in [0.2, 0.25) is 0 Å². The molecule has 28 heavy (non-hydrogen) atoms. The van der Waals surface area contributed by atoms with Gasteiger partial charge < -0.3 is 9.15 Å². The van der Waals surface area contributed by atoms with Gasteiger partial charge in [-0.05, 0) is 35.7 Å². The number of carbonyl (C=O) groups excluding carboxylic acids is 1. The number of hydrogen-bond acceptors (Lipinski definition) is 5. The second-order valence-electron chi connectivity index (χ2n) is 6.20. The Balaban J connectivity index is 1.53. The van der Waals surface area contributed by atoms with Gasteiger partial charge >= 0.3 is 5.97 Å². The molecule has 1 heterocycles. The second kappa shape index (κ2) is 7.32. The molecule has 0 saturated carbocycles. The number of benzene rings is 3. The van der Waals surface area contributed by atoms with Crippen LogP contribution in [0.5, 0.6) is 5.75 Å². The first-order chi connectivity index (χ1) is 13.5. The van der Waals surface area contributed by atoms with E-state index in [2.05, 4.69) is 0 Å². The van der Waals surface area contributed by atoms with Crippen molar-refractivity contribution in [2.45, 2.75) is 10.6 Å². The lowest BCUT2D eigenvalue weighted by molar-refractivity contribution is 0.0702. The van der Waals surface area contributed by atoms with Gasteiger partial charge in [-0.1, -0.05) is 54.6 Å². The monoisotopic (exact) mass is 392 g/mol. The van der Waals surface area contributed by atoms with E-state index in [9.17, 15) is 13.2 Å². The van der Waals surface area contributed by atoms with Gasteiger partial charge in [-0.3, -0.25) is 0 Å². The van der Waals surface area contributed by atoms with Gasteiger partial charge in [-0.15, -0.1) is 0 Å². The quantitative estimate of drug-likeness (QED) is 0.366. The lowest BCUT2D eigenvalue weighted by Gasteiger charge is -2.06. The van der Waals surface area contributed by atoms with Crippen molar-refractivity contribution < 1.29 is 22.4 Å². The maximum absolute atomic E-state index is 12.4. The molecule has 3 aromatic carbocycles. The molecule has 140 valence electrons. The van der Waals surface area contributed by atoms with Crippen molar-refractivity contribution >= 4 is 26.6 Å². The van der Waals surface area contributed by atoms with Crippen LogP contribution < -0.4 is 4.74 Å². The van der Waals surface area contributed by atoms with Gasteiger partial charge in [-0.2, -0.15) is 0 Å². The molecule has 0 aliphatic carbocycles. The number of hydrogen-bond donors (Lipinski definition) is 0. The molecule has 0 spiro atoms. The van der Waals surface area contributed by atoms with Crippen molar-refractivity contribution in [1.29, 1.82) is 0 Å². The predicted molar refractivity (Wildman–Crippen MR) is 105 cm³/mol. The fourth-order valence-corrected chi connectivity index (χ4v) is 4.17. The van der Waals surface area contributed by atoms with Crippen LogP contribution in [0.3, 0.4) is 0 Å². The minimum absolute atomic E-state index is 0.0498. The molecular weight excluding hydrogens is 376 g/mol. The Bertz CT molecular complexity index is 1230. The number of carbonyl (C=O) groups is 1. The van der Waals surface area contributed by atoms with Gasteiger partial charge in [0, 0.05) is 5.39 Å². The summed E-state index contributed by atoms with van der Waals surface area (Å²) in [5.41, 5.74) is 0. The number of ether oxygens (including phenoxy) is 1. The first kappa shape index (κ1) is 18.0. The SMILES string of the molecule is O=C(Oc1cccc2ccccc12)c1ccc(CS(=O)(=O)c2ccccc2)o1. The highest BCUT2D eigenvalue weighted by Crippen LogP contribution is 2.26. The second-order valence-corrected chi connectivity index (χ2v) is 8.19. The van der Waals surface area contributed by atoms with Crippen molar-refractivity contribution in [3.05, 3.63) is 96.4 Å². The summed E-state index contributed by atoms with van der Waals surface area (Å²) in [7, 11) is -3.56. The summed E-state index contributed by atoms with van der Waals surface area (Å²) in [5, 5.41) is 1.75. The normalized spacial score (nSPS) is 11.4. The van der Waals surface area contributed by atoms with Crippen molar-refractivity contribution in [2.75, 3.05) is 0 Å². The van der Waals surface area contributed by atoms with E-state index < -0.39 is 15.8 Å². The predicted octanol–water partition coefficient (Wildman–Crippen LogP) is 4.63. The Labute approximate surface area is 162 Å². The van der Waals surface area contributed by atoms with Crippen LogP contribution in [-0.4, -0.2) is 14.4 Å². The number of esters is 1. The van der Waals surface area contributed by atoms with E-state index in [-0.39, 0.29) is 22.2 Å². The maximum atomic E-state index is 12.4. The molecule has 1 aromatic heterocycles. The third-order valence-electron chi connectivity index (χ3n) is 4.25. The molecular formula is C22H16O5S. The average molecular weight is 392 g/mol. The van der Waals surface area contributed by atoms with Gasteiger partial charge in [0.1, 0.15) is 17.3 Å². The summed E-state index contributed by atoms with van der Waals surface area (Å²) in [6.07, 6.45) is 0. The standard InChI is InChI=1S/C22H16O5S/c23-22(27-20-12-6-8-16-7-4-5-11-19(16)20)21-14-13-17(26-21)15-28(24,25)18-9-2-1-3-10-18/h1-14H,15H2. The fourth-order valence-electron chi connectivity index (χ4n) is 2.90. The lowest BCUT2D eigenvalue weighted by atomic mass is 10.1. The Morgan fingerprint density at radius 1 is 0.821 bits per heavy atom. The van der Waals surface area contributed by atoms with E-state index in [1.165, 1.54) is 24.3 Å². The molecule has 0 N–H and O–H groups in total. The van der Waals surface area contributed by atoms with Crippen LogP contribution in [0.1, 0.15) is 16.3 Å². The largest absolute Gasteiger partial charge is 0.453 e. The molecule has 0 bridgehead atoms. The zero-order chi connectivity index (χ0) is 19.6. The highest BCUT2D eigenvalue weighted by atomic mass is 32.2. The molecule has 0 aliphatic rings. The number of rotatable bonds is 5. The third-order valence-corrected chi connectivity index (χ3v) is 5.90. The summed E-state index contributed by atoms with van der Waals surface area (Å²) in [6.45, 7) is 0. The molecule has 0 unspecified atom stereocenters. The summed E-state index contributed by atoms with van der Waals surface area (Å²) < 4.78 is 35.8. The van der Waals surface area contributed by atoms with Crippen LogP contribution in [0.4, 0.5) is 0 Å². The third kappa shape index (κ3) is 3.68. The molecule has 4 aromatic rings. The Morgan fingerprint density at radius 2 is 1.54 bits per heavy atom. The summed E-state index contributed by atoms with van der Waals surface area (Å²) in [6, 6.07) is 24.0. The smallest absolute Gasteiger partial charge is 0.379 e. The maximum Gasteiger partial charge on any atom is 0.379 e. The number of furan rings is 1. The van der Waals surface area contributed by atoms with E-state index in [4.69, 9.17) is 9.15 Å².